The fraction of sp³-hybridized carbons (Fsp3) is 0.476. The number of aryl methyl sites for hydroxylation is 1. The molecule has 1 aliphatic rings. The van der Waals surface area contributed by atoms with Gasteiger partial charge in [-0.1, -0.05) is 55.3 Å². The van der Waals surface area contributed by atoms with Crippen LogP contribution in [0.1, 0.15) is 74.0 Å². The van der Waals surface area contributed by atoms with Gasteiger partial charge in [0.2, 0.25) is 5.95 Å². The van der Waals surface area contributed by atoms with Crippen molar-refractivity contribution in [1.82, 2.24) is 4.98 Å². The monoisotopic (exact) mass is 345 g/mol. The molecule has 24 heavy (non-hydrogen) atoms. The number of pyridine rings is 1. The van der Waals surface area contributed by atoms with Crippen LogP contribution in [0.4, 0.5) is 4.39 Å². The van der Waals surface area contributed by atoms with Crippen LogP contribution >= 0.6 is 11.6 Å². The predicted molar refractivity (Wildman–Crippen MR) is 98.2 cm³/mol. The third kappa shape index (κ3) is 4.16. The summed E-state index contributed by atoms with van der Waals surface area (Å²) in [6.07, 6.45) is 7.92. The summed E-state index contributed by atoms with van der Waals surface area (Å²) in [5, 5.41) is 0.230. The summed E-state index contributed by atoms with van der Waals surface area (Å²) in [5.74, 6) is 0.478. The van der Waals surface area contributed by atoms with Gasteiger partial charge in [-0.2, -0.15) is 4.39 Å². The fourth-order valence-electron chi connectivity index (χ4n) is 3.80. The SMILES string of the molecule is CCCCc1ccc(C2CCC(c3ccc(Cl)nc3F)CC2)cc1. The van der Waals surface area contributed by atoms with E-state index in [2.05, 4.69) is 36.2 Å². The van der Waals surface area contributed by atoms with Gasteiger partial charge in [-0.15, -0.1) is 0 Å². The fourth-order valence-corrected chi connectivity index (χ4v) is 3.94. The molecule has 0 saturated heterocycles. The maximum atomic E-state index is 14.0. The van der Waals surface area contributed by atoms with Gasteiger partial charge >= 0.3 is 0 Å². The summed E-state index contributed by atoms with van der Waals surface area (Å²) in [7, 11) is 0. The van der Waals surface area contributed by atoms with Crippen LogP contribution in [-0.4, -0.2) is 4.98 Å². The Balaban J connectivity index is 1.60. The zero-order chi connectivity index (χ0) is 16.9. The second-order valence-corrected chi connectivity index (χ2v) is 7.29. The van der Waals surface area contributed by atoms with Gasteiger partial charge in [-0.25, -0.2) is 4.98 Å². The normalized spacial score (nSPS) is 21.0. The molecule has 1 aromatic heterocycles. The molecule has 3 heteroatoms. The molecule has 0 aliphatic heterocycles. The van der Waals surface area contributed by atoms with Gasteiger partial charge in [-0.05, 0) is 67.6 Å². The number of rotatable bonds is 5. The summed E-state index contributed by atoms with van der Waals surface area (Å²) in [5.41, 5.74) is 3.60. The lowest BCUT2D eigenvalue weighted by Gasteiger charge is -2.29. The van der Waals surface area contributed by atoms with Crippen molar-refractivity contribution in [2.45, 2.75) is 63.7 Å². The lowest BCUT2D eigenvalue weighted by molar-refractivity contribution is 0.384. The van der Waals surface area contributed by atoms with E-state index < -0.39 is 5.95 Å². The number of unbranched alkanes of at least 4 members (excludes halogenated alkanes) is 1. The van der Waals surface area contributed by atoms with Crippen molar-refractivity contribution < 1.29 is 4.39 Å². The Bertz CT molecular complexity index is 660. The van der Waals surface area contributed by atoms with E-state index in [0.29, 0.717) is 5.92 Å². The van der Waals surface area contributed by atoms with Crippen molar-refractivity contribution in [2.24, 2.45) is 0 Å². The second kappa shape index (κ2) is 8.11. The minimum Gasteiger partial charge on any atom is -0.208 e. The molecule has 1 heterocycles. The van der Waals surface area contributed by atoms with Crippen LogP contribution < -0.4 is 0 Å². The topological polar surface area (TPSA) is 12.9 Å². The zero-order valence-electron chi connectivity index (χ0n) is 14.3. The molecular weight excluding hydrogens is 321 g/mol. The van der Waals surface area contributed by atoms with Gasteiger partial charge < -0.3 is 0 Å². The highest BCUT2D eigenvalue weighted by Gasteiger charge is 2.25. The van der Waals surface area contributed by atoms with E-state index in [1.807, 2.05) is 0 Å². The first-order valence-corrected chi connectivity index (χ1v) is 9.46. The number of halogens is 2. The van der Waals surface area contributed by atoms with Crippen molar-refractivity contribution in [3.63, 3.8) is 0 Å². The Labute approximate surface area is 149 Å². The Morgan fingerprint density at radius 2 is 1.67 bits per heavy atom. The van der Waals surface area contributed by atoms with Gasteiger partial charge in [0.15, 0.2) is 0 Å². The minimum atomic E-state index is -0.397. The molecule has 0 N–H and O–H groups in total. The maximum absolute atomic E-state index is 14.0. The molecule has 0 bridgehead atoms. The first kappa shape index (κ1) is 17.4. The first-order chi connectivity index (χ1) is 11.7. The van der Waals surface area contributed by atoms with Gasteiger partial charge in [-0.3, -0.25) is 0 Å². The van der Waals surface area contributed by atoms with Gasteiger partial charge in [0, 0.05) is 5.56 Å². The molecule has 2 aromatic rings. The van der Waals surface area contributed by atoms with Crippen LogP contribution in [0.2, 0.25) is 5.15 Å². The predicted octanol–water partition coefficient (Wildman–Crippen LogP) is 6.66. The third-order valence-electron chi connectivity index (χ3n) is 5.28. The quantitative estimate of drug-likeness (QED) is 0.552. The van der Waals surface area contributed by atoms with E-state index in [0.717, 1.165) is 31.2 Å². The molecule has 128 valence electrons. The summed E-state index contributed by atoms with van der Waals surface area (Å²) < 4.78 is 14.0. The summed E-state index contributed by atoms with van der Waals surface area (Å²) in [6, 6.07) is 12.6. The van der Waals surface area contributed by atoms with Crippen molar-refractivity contribution in [3.8, 4) is 0 Å². The van der Waals surface area contributed by atoms with E-state index in [1.165, 1.54) is 30.4 Å². The Morgan fingerprint density at radius 3 is 2.29 bits per heavy atom. The number of nitrogens with zero attached hydrogens (tertiary/aromatic N) is 1. The standard InChI is InChI=1S/C21H25ClFN/c1-2-3-4-15-5-7-16(8-6-15)17-9-11-18(12-10-17)19-13-14-20(22)24-21(19)23/h5-8,13-14,17-18H,2-4,9-12H2,1H3. The molecule has 0 unspecified atom stereocenters. The molecule has 1 aromatic carbocycles. The highest BCUT2D eigenvalue weighted by atomic mass is 35.5. The molecule has 1 saturated carbocycles. The molecule has 3 rings (SSSR count). The van der Waals surface area contributed by atoms with Crippen LogP contribution in [0.5, 0.6) is 0 Å². The van der Waals surface area contributed by atoms with Crippen LogP contribution in [0.3, 0.4) is 0 Å². The molecule has 0 spiro atoms. The summed E-state index contributed by atoms with van der Waals surface area (Å²) >= 11 is 5.75. The Morgan fingerprint density at radius 1 is 1.00 bits per heavy atom. The van der Waals surface area contributed by atoms with E-state index in [-0.39, 0.29) is 11.1 Å². The van der Waals surface area contributed by atoms with E-state index in [4.69, 9.17) is 11.6 Å². The number of hydrogen-bond acceptors (Lipinski definition) is 1. The Kier molecular flexibility index (Phi) is 5.89. The van der Waals surface area contributed by atoms with Crippen LogP contribution in [0.25, 0.3) is 0 Å². The van der Waals surface area contributed by atoms with Crippen molar-refractivity contribution in [1.29, 1.82) is 0 Å². The molecular formula is C21H25ClFN. The summed E-state index contributed by atoms with van der Waals surface area (Å²) in [4.78, 5) is 3.76. The van der Waals surface area contributed by atoms with E-state index in [9.17, 15) is 4.39 Å². The first-order valence-electron chi connectivity index (χ1n) is 9.08. The second-order valence-electron chi connectivity index (χ2n) is 6.91. The highest BCUT2D eigenvalue weighted by molar-refractivity contribution is 6.29. The minimum absolute atomic E-state index is 0.230. The van der Waals surface area contributed by atoms with Crippen molar-refractivity contribution >= 4 is 11.6 Å². The van der Waals surface area contributed by atoms with E-state index >= 15 is 0 Å². The average molecular weight is 346 g/mol. The molecule has 0 amide bonds. The molecule has 0 radical (unpaired) electrons. The van der Waals surface area contributed by atoms with E-state index in [1.54, 1.807) is 12.1 Å². The lowest BCUT2D eigenvalue weighted by Crippen LogP contribution is -2.13. The van der Waals surface area contributed by atoms with Crippen LogP contribution in [0, 0.1) is 5.95 Å². The van der Waals surface area contributed by atoms with Gasteiger partial charge in [0.25, 0.3) is 0 Å². The molecule has 1 nitrogen and oxygen atoms in total. The van der Waals surface area contributed by atoms with Gasteiger partial charge in [0.05, 0.1) is 0 Å². The molecule has 0 atom stereocenters. The third-order valence-corrected chi connectivity index (χ3v) is 5.49. The summed E-state index contributed by atoms with van der Waals surface area (Å²) in [6.45, 7) is 2.23. The Hall–Kier alpha value is -1.41. The zero-order valence-corrected chi connectivity index (χ0v) is 15.0. The van der Waals surface area contributed by atoms with Crippen molar-refractivity contribution in [3.05, 3.63) is 64.2 Å². The number of benzene rings is 1. The van der Waals surface area contributed by atoms with Crippen LogP contribution in [-0.2, 0) is 6.42 Å². The maximum Gasteiger partial charge on any atom is 0.217 e. The van der Waals surface area contributed by atoms with Crippen molar-refractivity contribution in [2.75, 3.05) is 0 Å². The molecule has 1 fully saturated rings. The van der Waals surface area contributed by atoms with Crippen LogP contribution in [0.15, 0.2) is 36.4 Å². The lowest BCUT2D eigenvalue weighted by atomic mass is 9.76. The average Bonchev–Trinajstić information content (AvgIpc) is 2.61. The smallest absolute Gasteiger partial charge is 0.208 e. The highest BCUT2D eigenvalue weighted by Crippen LogP contribution is 2.41. The number of aromatic nitrogens is 1. The number of hydrogen-bond donors (Lipinski definition) is 0. The largest absolute Gasteiger partial charge is 0.217 e. The van der Waals surface area contributed by atoms with Gasteiger partial charge in [0.1, 0.15) is 5.15 Å². The molecule has 1 aliphatic carbocycles.